The Balaban J connectivity index is 0.866. The highest BCUT2D eigenvalue weighted by Gasteiger charge is 2.26. The fraction of sp³-hybridized carbons (Fsp3) is 0.295. The lowest BCUT2D eigenvalue weighted by Crippen LogP contribution is -2.46. The second kappa shape index (κ2) is 15.6. The summed E-state index contributed by atoms with van der Waals surface area (Å²) < 4.78 is 38.5. The molecule has 4 N–H and O–H groups in total. The van der Waals surface area contributed by atoms with Gasteiger partial charge in [0, 0.05) is 91.7 Å². The van der Waals surface area contributed by atoms with Gasteiger partial charge in [-0.25, -0.2) is 28.1 Å². The lowest BCUT2D eigenvalue weighted by Gasteiger charge is -2.36. The number of amides is 1. The van der Waals surface area contributed by atoms with Crippen molar-refractivity contribution < 1.29 is 23.4 Å². The van der Waals surface area contributed by atoms with Crippen LogP contribution in [-0.2, 0) is 29.8 Å². The van der Waals surface area contributed by atoms with Crippen molar-refractivity contribution in [2.75, 3.05) is 56.7 Å². The van der Waals surface area contributed by atoms with Gasteiger partial charge < -0.3 is 30.4 Å². The Bertz CT molecular complexity index is 2820. The van der Waals surface area contributed by atoms with E-state index in [9.17, 15) is 19.1 Å². The van der Waals surface area contributed by atoms with Gasteiger partial charge in [-0.15, -0.1) is 0 Å². The largest absolute Gasteiger partial charge is 0.384 e. The average Bonchev–Trinajstić information content (AvgIpc) is 3.67. The van der Waals surface area contributed by atoms with Crippen molar-refractivity contribution in [2.45, 2.75) is 39.0 Å². The molecule has 0 atom stereocenters. The number of hydrogen-bond donors (Lipinski definition) is 4. The second-order valence-corrected chi connectivity index (χ2v) is 15.7. The van der Waals surface area contributed by atoms with E-state index in [0.717, 1.165) is 43.1 Å². The molecule has 14 nitrogen and oxygen atoms in total. The van der Waals surface area contributed by atoms with Crippen molar-refractivity contribution in [1.29, 1.82) is 0 Å². The lowest BCUT2D eigenvalue weighted by atomic mass is 9.99. The van der Waals surface area contributed by atoms with E-state index in [1.807, 2.05) is 36.4 Å². The molecule has 7 aromatic rings. The average molecular weight is 815 g/mol. The van der Waals surface area contributed by atoms with Crippen LogP contribution in [0.5, 0.6) is 0 Å². The minimum atomic E-state index is -1.19. The van der Waals surface area contributed by atoms with Crippen LogP contribution in [0, 0.1) is 11.6 Å². The molecule has 1 amide bonds. The van der Waals surface area contributed by atoms with E-state index in [-0.39, 0.29) is 36.0 Å². The van der Waals surface area contributed by atoms with Crippen LogP contribution in [0.3, 0.4) is 0 Å². The van der Waals surface area contributed by atoms with E-state index in [2.05, 4.69) is 35.4 Å². The molecular formula is C44H44F2N10O4. The molecule has 0 saturated carbocycles. The maximum Gasteiger partial charge on any atom is 0.278 e. The van der Waals surface area contributed by atoms with E-state index in [1.165, 1.54) is 29.1 Å². The van der Waals surface area contributed by atoms with Crippen molar-refractivity contribution in [3.05, 3.63) is 123 Å². The zero-order valence-corrected chi connectivity index (χ0v) is 33.4. The number of ether oxygens (including phenoxy) is 1. The first kappa shape index (κ1) is 39.0. The van der Waals surface area contributed by atoms with Gasteiger partial charge in [0.05, 0.1) is 24.4 Å². The molecule has 308 valence electrons. The molecular weight excluding hydrogens is 771 g/mol. The Morgan fingerprint density at radius 1 is 0.967 bits per heavy atom. The summed E-state index contributed by atoms with van der Waals surface area (Å²) in [4.78, 5) is 47.7. The first-order valence-corrected chi connectivity index (χ1v) is 19.9. The van der Waals surface area contributed by atoms with Gasteiger partial charge in [-0.2, -0.15) is 4.98 Å². The van der Waals surface area contributed by atoms with Crippen LogP contribution in [0.2, 0.25) is 0 Å². The van der Waals surface area contributed by atoms with Crippen LogP contribution < -0.4 is 21.1 Å². The lowest BCUT2D eigenvalue weighted by molar-refractivity contribution is 0.0737. The molecule has 0 radical (unpaired) electrons. The molecule has 3 aromatic carbocycles. The summed E-state index contributed by atoms with van der Waals surface area (Å²) in [7, 11) is 1.57. The number of pyridine rings is 1. The van der Waals surface area contributed by atoms with Crippen LogP contribution in [0.4, 0.5) is 26.1 Å². The van der Waals surface area contributed by atoms with Crippen LogP contribution in [0.25, 0.3) is 39.0 Å². The van der Waals surface area contributed by atoms with Gasteiger partial charge in [0.1, 0.15) is 22.6 Å². The summed E-state index contributed by atoms with van der Waals surface area (Å²) in [5.41, 5.74) is 4.77. The van der Waals surface area contributed by atoms with Gasteiger partial charge in [-0.3, -0.25) is 14.5 Å². The minimum absolute atomic E-state index is 0.255. The van der Waals surface area contributed by atoms with E-state index >= 15 is 4.39 Å². The summed E-state index contributed by atoms with van der Waals surface area (Å²) in [5, 5.41) is 17.7. The fourth-order valence-corrected chi connectivity index (χ4v) is 8.14. The number of carbonyl (C=O) groups is 1. The molecule has 1 fully saturated rings. The Kier molecular flexibility index (Phi) is 10.1. The Hall–Kier alpha value is -6.49. The zero-order valence-electron chi connectivity index (χ0n) is 33.4. The van der Waals surface area contributed by atoms with Crippen molar-refractivity contribution in [2.24, 2.45) is 0 Å². The van der Waals surface area contributed by atoms with Crippen molar-refractivity contribution in [1.82, 2.24) is 39.5 Å². The number of carbonyl (C=O) groups excluding carboxylic acids is 1. The van der Waals surface area contributed by atoms with Crippen molar-refractivity contribution >= 4 is 45.2 Å². The Morgan fingerprint density at radius 2 is 1.77 bits per heavy atom. The first-order valence-electron chi connectivity index (χ1n) is 19.9. The number of aromatic amines is 1. The molecule has 0 spiro atoms. The summed E-state index contributed by atoms with van der Waals surface area (Å²) in [6.45, 7) is 7.73. The highest BCUT2D eigenvalue weighted by molar-refractivity contribution is 6.10. The number of methoxy groups -OCH3 is 1. The van der Waals surface area contributed by atoms with Gasteiger partial charge in [-0.1, -0.05) is 18.2 Å². The maximum absolute atomic E-state index is 15.7. The molecule has 0 bridgehead atoms. The number of anilines is 3. The van der Waals surface area contributed by atoms with Crippen LogP contribution in [0.1, 0.15) is 41.0 Å². The predicted octanol–water partition coefficient (Wildman–Crippen LogP) is 5.63. The number of aliphatic hydroxyl groups is 1. The number of piperazine rings is 1. The molecule has 6 heterocycles. The van der Waals surface area contributed by atoms with Gasteiger partial charge in [0.15, 0.2) is 11.5 Å². The Morgan fingerprint density at radius 3 is 2.52 bits per heavy atom. The molecule has 2 aliphatic rings. The summed E-state index contributed by atoms with van der Waals surface area (Å²) in [6.07, 6.45) is 2.05. The molecule has 2 aliphatic heterocycles. The van der Waals surface area contributed by atoms with Crippen molar-refractivity contribution in [3.8, 4) is 17.1 Å². The third-order valence-corrected chi connectivity index (χ3v) is 11.2. The second-order valence-electron chi connectivity index (χ2n) is 15.7. The van der Waals surface area contributed by atoms with Crippen LogP contribution >= 0.6 is 0 Å². The number of H-pyrrole nitrogens is 1. The number of fused-ring (bicyclic) bond motifs is 1. The topological polar surface area (TPSA) is 158 Å². The minimum Gasteiger partial charge on any atom is -0.384 e. The number of halogens is 2. The molecule has 16 heteroatoms. The van der Waals surface area contributed by atoms with E-state index in [0.29, 0.717) is 75.7 Å². The first-order chi connectivity index (χ1) is 28.9. The standard InChI is InChI=1S/C44H44F2N10O4/c1-44(2,59)36-5-4-6-37(51-36)56-40-33(42(58)55(56)19-20-60-3)24-48-43(52-40)49-29-9-11-30(12-10-29)54-17-15-53(16-18-54)25-27-8-7-26(21-34(27)46)39-31-13-14-47-41(57)32-22-28(45)23-35(50-39)38(31)32/h4-12,21-24,50,59H,13-20,25H2,1-3H3,(H,47,57)(H,48,49,52). The Labute approximate surface area is 343 Å². The highest BCUT2D eigenvalue weighted by Crippen LogP contribution is 2.36. The van der Waals surface area contributed by atoms with E-state index in [4.69, 9.17) is 9.72 Å². The quantitative estimate of drug-likeness (QED) is 0.129. The molecule has 9 rings (SSSR count). The SMILES string of the molecule is COCCn1c(=O)c2cnc(Nc3ccc(N4CCN(Cc5ccc(-c6[nH]c7cc(F)cc8c7c6CCNC8=O)cc5F)CC4)cc3)nc2n1-c1cccc(C(C)(C)O)n1. The van der Waals surface area contributed by atoms with E-state index in [1.54, 1.807) is 43.8 Å². The number of aromatic nitrogens is 6. The van der Waals surface area contributed by atoms with Crippen LogP contribution in [-0.4, -0.2) is 91.7 Å². The third-order valence-electron chi connectivity index (χ3n) is 11.2. The number of hydrogen-bond acceptors (Lipinski definition) is 10. The monoisotopic (exact) mass is 814 g/mol. The summed E-state index contributed by atoms with van der Waals surface area (Å²) >= 11 is 0. The van der Waals surface area contributed by atoms with Gasteiger partial charge >= 0.3 is 0 Å². The fourth-order valence-electron chi connectivity index (χ4n) is 8.14. The van der Waals surface area contributed by atoms with Gasteiger partial charge in [0.2, 0.25) is 5.95 Å². The van der Waals surface area contributed by atoms with Crippen LogP contribution in [0.15, 0.2) is 83.8 Å². The van der Waals surface area contributed by atoms with Gasteiger partial charge in [0.25, 0.3) is 11.5 Å². The number of benzene rings is 3. The summed E-state index contributed by atoms with van der Waals surface area (Å²) in [6, 6.07) is 21.1. The highest BCUT2D eigenvalue weighted by atomic mass is 19.1. The summed E-state index contributed by atoms with van der Waals surface area (Å²) in [5.74, 6) is -0.413. The third kappa shape index (κ3) is 7.37. The molecule has 0 unspecified atom stereocenters. The van der Waals surface area contributed by atoms with Gasteiger partial charge in [-0.05, 0) is 80.4 Å². The van der Waals surface area contributed by atoms with Crippen molar-refractivity contribution in [3.63, 3.8) is 0 Å². The molecule has 60 heavy (non-hydrogen) atoms. The predicted molar refractivity (Wildman–Crippen MR) is 225 cm³/mol. The molecule has 1 saturated heterocycles. The molecule has 0 aliphatic carbocycles. The number of nitrogens with zero attached hydrogens (tertiary/aromatic N) is 7. The maximum atomic E-state index is 15.7. The zero-order chi connectivity index (χ0) is 41.7. The molecule has 4 aromatic heterocycles. The van der Waals surface area contributed by atoms with E-state index < -0.39 is 11.4 Å². The number of nitrogens with one attached hydrogen (secondary N) is 3. The normalized spacial score (nSPS) is 14.8. The number of rotatable bonds is 11. The smallest absolute Gasteiger partial charge is 0.278 e.